The Balaban J connectivity index is 1.60. The molecule has 40 heavy (non-hydrogen) atoms. The van der Waals surface area contributed by atoms with E-state index in [4.69, 9.17) is 26.1 Å². The van der Waals surface area contributed by atoms with Crippen molar-refractivity contribution in [2.75, 3.05) is 30.1 Å². The molecule has 0 aliphatic carbocycles. The maximum atomic E-state index is 12.1. The number of hydrogen-bond donors (Lipinski definition) is 2. The highest BCUT2D eigenvalue weighted by atomic mass is 32.2. The number of anilines is 2. The van der Waals surface area contributed by atoms with Crippen molar-refractivity contribution in [2.24, 2.45) is 0 Å². The van der Waals surface area contributed by atoms with Gasteiger partial charge in [-0.2, -0.15) is 0 Å². The van der Waals surface area contributed by atoms with Crippen molar-refractivity contribution in [2.45, 2.75) is 12.1 Å². The third-order valence-corrected chi connectivity index (χ3v) is 7.25. The van der Waals surface area contributed by atoms with Crippen molar-refractivity contribution >= 4 is 44.7 Å². The number of nitrogens with zero attached hydrogens (tertiary/aromatic N) is 2. The van der Waals surface area contributed by atoms with Gasteiger partial charge in [0, 0.05) is 17.4 Å². The van der Waals surface area contributed by atoms with Gasteiger partial charge in [-0.25, -0.2) is 13.2 Å². The molecule has 0 bridgehead atoms. The maximum absolute atomic E-state index is 12.1. The van der Waals surface area contributed by atoms with E-state index in [0.717, 1.165) is 11.9 Å². The lowest BCUT2D eigenvalue weighted by Gasteiger charge is -2.27. The van der Waals surface area contributed by atoms with Crippen LogP contribution >= 0.6 is 12.2 Å². The number of ether oxygens (including phenoxy) is 2. The summed E-state index contributed by atoms with van der Waals surface area (Å²) in [7, 11) is -0.786. The van der Waals surface area contributed by atoms with Crippen LogP contribution in [0.1, 0.15) is 33.9 Å². The second kappa shape index (κ2) is 11.0. The van der Waals surface area contributed by atoms with E-state index in [9.17, 15) is 13.2 Å². The molecular weight excluding hydrogens is 552 g/mol. The summed E-state index contributed by atoms with van der Waals surface area (Å²) < 4.78 is 43.2. The molecule has 0 saturated carbocycles. The number of hydrogen-bond acceptors (Lipinski definition) is 8. The zero-order valence-electron chi connectivity index (χ0n) is 21.8. The first kappa shape index (κ1) is 27.2. The normalized spacial score (nSPS) is 16.9. The first-order chi connectivity index (χ1) is 19.2. The number of benzene rings is 2. The number of nitrogens with one attached hydrogen (secondary N) is 2. The smallest absolute Gasteiger partial charge is 0.337 e. The van der Waals surface area contributed by atoms with Crippen LogP contribution in [0.4, 0.5) is 11.4 Å². The Morgan fingerprint density at radius 2 is 1.90 bits per heavy atom. The molecule has 1 aliphatic rings. The molecule has 5 rings (SSSR count). The summed E-state index contributed by atoms with van der Waals surface area (Å²) in [5.41, 5.74) is 2.72. The van der Waals surface area contributed by atoms with Gasteiger partial charge in [-0.1, -0.05) is 18.2 Å². The fourth-order valence-corrected chi connectivity index (χ4v) is 5.54. The van der Waals surface area contributed by atoms with Crippen molar-refractivity contribution < 1.29 is 27.1 Å². The number of furan rings is 1. The molecule has 1 fully saturated rings. The predicted octanol–water partition coefficient (Wildman–Crippen LogP) is 4.69. The lowest BCUT2D eigenvalue weighted by molar-refractivity contribution is 0.0600. The van der Waals surface area contributed by atoms with E-state index in [1.165, 1.54) is 14.2 Å². The van der Waals surface area contributed by atoms with E-state index < -0.39 is 22.0 Å². The van der Waals surface area contributed by atoms with E-state index in [2.05, 4.69) is 15.0 Å². The zero-order chi connectivity index (χ0) is 28.4. The Labute approximate surface area is 237 Å². The van der Waals surface area contributed by atoms with Crippen LogP contribution in [0.2, 0.25) is 0 Å². The van der Waals surface area contributed by atoms with E-state index >= 15 is 0 Å². The van der Waals surface area contributed by atoms with Crippen LogP contribution in [0.15, 0.2) is 83.4 Å². The monoisotopic (exact) mass is 578 g/mol. The van der Waals surface area contributed by atoms with Crippen molar-refractivity contribution in [3.05, 3.63) is 96.0 Å². The molecular formula is C28H26N4O6S2. The molecule has 0 amide bonds. The Hall–Kier alpha value is -4.42. The number of thiocarbonyl (C=S) groups is 1. The molecule has 2 N–H and O–H groups in total. The fraction of sp³-hybridized carbons (Fsp3) is 0.179. The first-order valence-corrected chi connectivity index (χ1v) is 14.4. The minimum Gasteiger partial charge on any atom is -0.495 e. The minimum atomic E-state index is -3.58. The van der Waals surface area contributed by atoms with Gasteiger partial charge in [0.25, 0.3) is 0 Å². The van der Waals surface area contributed by atoms with Gasteiger partial charge in [-0.3, -0.25) is 9.71 Å². The SMILES string of the molecule is COC(=O)c1cccc(-c2ccc([C@@H]3[C@H](c4ccccn4)NC(=S)N3c3ccc(OC)c(NS(C)(=O)=O)c3)o2)c1. The molecule has 1 saturated heterocycles. The third kappa shape index (κ3) is 5.49. The van der Waals surface area contributed by atoms with Crippen molar-refractivity contribution in [3.63, 3.8) is 0 Å². The van der Waals surface area contributed by atoms with Gasteiger partial charge in [0.15, 0.2) is 5.11 Å². The second-order valence-corrected chi connectivity index (χ2v) is 11.2. The number of pyridine rings is 1. The van der Waals surface area contributed by atoms with Gasteiger partial charge in [-0.05, 0) is 66.8 Å². The number of sulfonamides is 1. The summed E-state index contributed by atoms with van der Waals surface area (Å²) in [6.45, 7) is 0. The molecule has 4 aromatic rings. The summed E-state index contributed by atoms with van der Waals surface area (Å²) in [5, 5.41) is 3.75. The molecule has 1 aliphatic heterocycles. The number of esters is 1. The summed E-state index contributed by atoms with van der Waals surface area (Å²) in [4.78, 5) is 18.5. The van der Waals surface area contributed by atoms with Crippen molar-refractivity contribution in [3.8, 4) is 17.1 Å². The van der Waals surface area contributed by atoms with Crippen molar-refractivity contribution in [1.29, 1.82) is 0 Å². The highest BCUT2D eigenvalue weighted by molar-refractivity contribution is 7.92. The van der Waals surface area contributed by atoms with Crippen LogP contribution < -0.4 is 19.7 Å². The van der Waals surface area contributed by atoms with Gasteiger partial charge < -0.3 is 24.1 Å². The highest BCUT2D eigenvalue weighted by Crippen LogP contribution is 2.44. The summed E-state index contributed by atoms with van der Waals surface area (Å²) in [5.74, 6) is 1.04. The number of carbonyl (C=O) groups excluding carboxylic acids is 1. The van der Waals surface area contributed by atoms with Crippen LogP contribution in [0, 0.1) is 0 Å². The Kier molecular flexibility index (Phi) is 7.46. The van der Waals surface area contributed by atoms with Crippen LogP contribution in [0.3, 0.4) is 0 Å². The van der Waals surface area contributed by atoms with E-state index in [1.807, 2.05) is 41.3 Å². The number of aromatic nitrogens is 1. The molecule has 2 aromatic heterocycles. The lowest BCUT2D eigenvalue weighted by atomic mass is 10.0. The van der Waals surface area contributed by atoms with Gasteiger partial charge in [-0.15, -0.1) is 0 Å². The molecule has 12 heteroatoms. The lowest BCUT2D eigenvalue weighted by Crippen LogP contribution is -2.29. The quantitative estimate of drug-likeness (QED) is 0.225. The average Bonchev–Trinajstić information content (AvgIpc) is 3.57. The van der Waals surface area contributed by atoms with E-state index in [0.29, 0.717) is 39.2 Å². The van der Waals surface area contributed by atoms with Gasteiger partial charge in [0.1, 0.15) is 23.3 Å². The highest BCUT2D eigenvalue weighted by Gasteiger charge is 2.43. The molecule has 10 nitrogen and oxygen atoms in total. The van der Waals surface area contributed by atoms with Crippen LogP contribution in [0.5, 0.6) is 5.75 Å². The first-order valence-electron chi connectivity index (χ1n) is 12.1. The third-order valence-electron chi connectivity index (χ3n) is 6.34. The standard InChI is InChI=1S/C28H26N4O6S2/c1-36-23-11-10-19(16-21(23)31-40(3,34)35)32-26(25(30-28(32)39)20-9-4-5-14-29-20)24-13-12-22(38-24)17-7-6-8-18(15-17)27(33)37-2/h4-16,25-26,31H,1-3H3,(H,30,39)/t25-,26+/m0/s1. The topological polar surface area (TPSA) is 123 Å². The van der Waals surface area contributed by atoms with Crippen LogP contribution in [-0.4, -0.2) is 45.0 Å². The van der Waals surface area contributed by atoms with Gasteiger partial charge in [0.05, 0.1) is 43.5 Å². The fourth-order valence-electron chi connectivity index (χ4n) is 4.63. The summed E-state index contributed by atoms with van der Waals surface area (Å²) in [6.07, 6.45) is 2.77. The van der Waals surface area contributed by atoms with Crippen molar-refractivity contribution in [1.82, 2.24) is 10.3 Å². The Morgan fingerprint density at radius 1 is 1.07 bits per heavy atom. The molecule has 3 heterocycles. The van der Waals surface area contributed by atoms with Gasteiger partial charge >= 0.3 is 5.97 Å². The molecule has 0 spiro atoms. The van der Waals surface area contributed by atoms with Crippen LogP contribution in [0.25, 0.3) is 11.3 Å². The molecule has 2 atom stereocenters. The summed E-state index contributed by atoms with van der Waals surface area (Å²) >= 11 is 5.77. The Bertz CT molecular complexity index is 1670. The number of rotatable bonds is 8. The predicted molar refractivity (Wildman–Crippen MR) is 155 cm³/mol. The maximum Gasteiger partial charge on any atom is 0.337 e. The largest absolute Gasteiger partial charge is 0.495 e. The molecule has 206 valence electrons. The second-order valence-electron chi connectivity index (χ2n) is 9.03. The average molecular weight is 579 g/mol. The van der Waals surface area contributed by atoms with Gasteiger partial charge in [0.2, 0.25) is 10.0 Å². The van der Waals surface area contributed by atoms with Crippen LogP contribution in [-0.2, 0) is 14.8 Å². The minimum absolute atomic E-state index is 0.269. The van der Waals surface area contributed by atoms with E-state index in [-0.39, 0.29) is 11.7 Å². The molecule has 2 aromatic carbocycles. The Morgan fingerprint density at radius 3 is 2.60 bits per heavy atom. The molecule has 0 radical (unpaired) electrons. The number of methoxy groups -OCH3 is 2. The zero-order valence-corrected chi connectivity index (χ0v) is 23.5. The number of carbonyl (C=O) groups is 1. The van der Waals surface area contributed by atoms with E-state index in [1.54, 1.807) is 42.6 Å². The molecule has 0 unspecified atom stereocenters. The summed E-state index contributed by atoms with van der Waals surface area (Å²) in [6, 6.07) is 20.5.